The molecule has 0 N–H and O–H groups in total. The van der Waals surface area contributed by atoms with Crippen molar-refractivity contribution in [3.05, 3.63) is 35.4 Å². The first-order valence-corrected chi connectivity index (χ1v) is 8.58. The SMILES string of the molecule is Cc1ccc(C(=O)O[C@@H]2C3CC[C@H](N(C)C)C2CN(C)C3)cc1.Cl.Cl. The molecule has 2 bridgehead atoms. The summed E-state index contributed by atoms with van der Waals surface area (Å²) in [7, 11) is 6.45. The van der Waals surface area contributed by atoms with Gasteiger partial charge < -0.3 is 14.5 Å². The second-order valence-electron chi connectivity index (χ2n) is 7.49. The van der Waals surface area contributed by atoms with Crippen LogP contribution < -0.4 is 0 Å². The Balaban J connectivity index is 0.00000156. The lowest BCUT2D eigenvalue weighted by Gasteiger charge is -2.50. The summed E-state index contributed by atoms with van der Waals surface area (Å²) in [5.41, 5.74) is 1.82. The van der Waals surface area contributed by atoms with Crippen molar-refractivity contribution in [3.8, 4) is 0 Å². The number of carbonyl (C=O) groups is 1. The molecule has 1 saturated carbocycles. The van der Waals surface area contributed by atoms with E-state index in [-0.39, 0.29) is 36.9 Å². The molecule has 1 aliphatic heterocycles. The van der Waals surface area contributed by atoms with Gasteiger partial charge in [-0.3, -0.25) is 0 Å². The molecule has 4 nitrogen and oxygen atoms in total. The van der Waals surface area contributed by atoms with Crippen molar-refractivity contribution in [1.29, 1.82) is 0 Å². The molecule has 2 fully saturated rings. The van der Waals surface area contributed by atoms with Gasteiger partial charge in [-0.25, -0.2) is 4.79 Å². The normalized spacial score (nSPS) is 28.7. The number of rotatable bonds is 3. The van der Waals surface area contributed by atoms with E-state index in [1.54, 1.807) is 0 Å². The monoisotopic (exact) mass is 388 g/mol. The standard InChI is InChI=1S/C19H28N2O2.2ClH/c1-13-5-7-14(8-6-13)19(22)23-18-15-9-10-17(20(2)3)16(18)12-21(4)11-15;;/h5-8,15-18H,9-12H2,1-4H3;2*1H/t15?,16?,17-,18+;;/m0../s1. The van der Waals surface area contributed by atoms with Crippen LogP contribution in [-0.4, -0.2) is 62.1 Å². The zero-order valence-corrected chi connectivity index (χ0v) is 17.1. The molecular weight excluding hydrogens is 359 g/mol. The smallest absolute Gasteiger partial charge is 0.338 e. The van der Waals surface area contributed by atoms with Crippen molar-refractivity contribution in [3.63, 3.8) is 0 Å². The van der Waals surface area contributed by atoms with Gasteiger partial charge in [0, 0.05) is 31.0 Å². The molecule has 0 aromatic heterocycles. The van der Waals surface area contributed by atoms with Crippen LogP contribution in [0.4, 0.5) is 0 Å². The largest absolute Gasteiger partial charge is 0.458 e. The van der Waals surface area contributed by atoms with Crippen LogP contribution in [0, 0.1) is 18.8 Å². The number of carbonyl (C=O) groups excluding carboxylic acids is 1. The maximum absolute atomic E-state index is 12.6. The molecule has 1 saturated heterocycles. The first-order valence-electron chi connectivity index (χ1n) is 8.58. The molecule has 6 heteroatoms. The summed E-state index contributed by atoms with van der Waals surface area (Å²) in [6, 6.07) is 8.16. The van der Waals surface area contributed by atoms with E-state index < -0.39 is 0 Å². The quantitative estimate of drug-likeness (QED) is 0.743. The van der Waals surface area contributed by atoms with Crippen LogP contribution in [-0.2, 0) is 4.74 Å². The molecule has 2 unspecified atom stereocenters. The van der Waals surface area contributed by atoms with Crippen molar-refractivity contribution < 1.29 is 9.53 Å². The number of hydrogen-bond donors (Lipinski definition) is 0. The summed E-state index contributed by atoms with van der Waals surface area (Å²) in [6.07, 6.45) is 2.38. The summed E-state index contributed by atoms with van der Waals surface area (Å²) in [5, 5.41) is 0. The van der Waals surface area contributed by atoms with Crippen LogP contribution in [0.2, 0.25) is 0 Å². The zero-order valence-electron chi connectivity index (χ0n) is 15.5. The average Bonchev–Trinajstić information content (AvgIpc) is 2.48. The van der Waals surface area contributed by atoms with Crippen molar-refractivity contribution in [2.75, 3.05) is 34.2 Å². The fourth-order valence-electron chi connectivity index (χ4n) is 4.29. The van der Waals surface area contributed by atoms with E-state index >= 15 is 0 Å². The highest BCUT2D eigenvalue weighted by atomic mass is 35.5. The molecule has 0 spiro atoms. The minimum atomic E-state index is -0.172. The highest BCUT2D eigenvalue weighted by Gasteiger charge is 2.46. The van der Waals surface area contributed by atoms with Crippen molar-refractivity contribution in [2.24, 2.45) is 11.8 Å². The van der Waals surface area contributed by atoms with Gasteiger partial charge in [0.15, 0.2) is 0 Å². The number of benzene rings is 1. The third-order valence-corrected chi connectivity index (χ3v) is 5.48. The topological polar surface area (TPSA) is 32.8 Å². The molecule has 1 aliphatic carbocycles. The number of piperidine rings is 1. The van der Waals surface area contributed by atoms with Crippen LogP contribution in [0.5, 0.6) is 0 Å². The zero-order chi connectivity index (χ0) is 16.6. The molecule has 2 aliphatic rings. The number of hydrogen-bond acceptors (Lipinski definition) is 4. The van der Waals surface area contributed by atoms with Crippen LogP contribution in [0.25, 0.3) is 0 Å². The molecule has 25 heavy (non-hydrogen) atoms. The molecule has 1 aromatic rings. The number of fused-ring (bicyclic) bond motifs is 2. The van der Waals surface area contributed by atoms with Gasteiger partial charge in [0.2, 0.25) is 0 Å². The lowest BCUT2D eigenvalue weighted by molar-refractivity contribution is -0.0873. The molecule has 4 atom stereocenters. The van der Waals surface area contributed by atoms with Gasteiger partial charge in [0.25, 0.3) is 0 Å². The number of esters is 1. The van der Waals surface area contributed by atoms with Gasteiger partial charge in [0.1, 0.15) is 6.10 Å². The Morgan fingerprint density at radius 3 is 2.36 bits per heavy atom. The second kappa shape index (κ2) is 9.22. The number of likely N-dealkylation sites (tertiary alicyclic amines) is 1. The van der Waals surface area contributed by atoms with Gasteiger partial charge in [0.05, 0.1) is 5.56 Å². The van der Waals surface area contributed by atoms with Crippen LogP contribution in [0.1, 0.15) is 28.8 Å². The molecule has 142 valence electrons. The van der Waals surface area contributed by atoms with Gasteiger partial charge in [-0.2, -0.15) is 0 Å². The minimum absolute atomic E-state index is 0. The van der Waals surface area contributed by atoms with E-state index in [0.717, 1.165) is 25.1 Å². The molecular formula is C19H30Cl2N2O2. The Morgan fingerprint density at radius 1 is 1.12 bits per heavy atom. The second-order valence-corrected chi connectivity index (χ2v) is 7.49. The summed E-state index contributed by atoms with van der Waals surface area (Å²) >= 11 is 0. The predicted octanol–water partition coefficient (Wildman–Crippen LogP) is 3.27. The number of ether oxygens (including phenoxy) is 1. The molecule has 3 rings (SSSR count). The predicted molar refractivity (Wildman–Crippen MR) is 106 cm³/mol. The van der Waals surface area contributed by atoms with E-state index in [1.807, 2.05) is 31.2 Å². The lowest BCUT2D eigenvalue weighted by atomic mass is 9.72. The van der Waals surface area contributed by atoms with Crippen molar-refractivity contribution in [2.45, 2.75) is 31.9 Å². The van der Waals surface area contributed by atoms with Crippen LogP contribution in [0.15, 0.2) is 24.3 Å². The van der Waals surface area contributed by atoms with Crippen molar-refractivity contribution >= 4 is 30.8 Å². The first kappa shape index (κ1) is 22.2. The Morgan fingerprint density at radius 2 is 1.76 bits per heavy atom. The van der Waals surface area contributed by atoms with Crippen LogP contribution in [0.3, 0.4) is 0 Å². The minimum Gasteiger partial charge on any atom is -0.458 e. The fraction of sp³-hybridized carbons (Fsp3) is 0.632. The fourth-order valence-corrected chi connectivity index (χ4v) is 4.29. The maximum atomic E-state index is 12.6. The number of halogens is 2. The van der Waals surface area contributed by atoms with E-state index in [4.69, 9.17) is 4.74 Å². The Hall–Kier alpha value is -0.810. The van der Waals surface area contributed by atoms with Gasteiger partial charge in [-0.15, -0.1) is 24.8 Å². The Kier molecular flexibility index (Phi) is 8.20. The summed E-state index contributed by atoms with van der Waals surface area (Å²) in [4.78, 5) is 17.3. The maximum Gasteiger partial charge on any atom is 0.338 e. The lowest BCUT2D eigenvalue weighted by Crippen LogP contribution is -2.59. The van der Waals surface area contributed by atoms with Crippen molar-refractivity contribution in [1.82, 2.24) is 9.80 Å². The van der Waals surface area contributed by atoms with Gasteiger partial charge >= 0.3 is 5.97 Å². The van der Waals surface area contributed by atoms with E-state index in [9.17, 15) is 4.79 Å². The molecule has 1 heterocycles. The van der Waals surface area contributed by atoms with E-state index in [2.05, 4.69) is 30.9 Å². The summed E-state index contributed by atoms with van der Waals surface area (Å²) in [6.45, 7) is 4.06. The third-order valence-electron chi connectivity index (χ3n) is 5.48. The average molecular weight is 389 g/mol. The van der Waals surface area contributed by atoms with Crippen LogP contribution >= 0.6 is 24.8 Å². The number of nitrogens with zero attached hydrogens (tertiary/aromatic N) is 2. The molecule has 0 radical (unpaired) electrons. The Labute approximate surface area is 163 Å². The first-order chi connectivity index (χ1) is 11.0. The highest BCUT2D eigenvalue weighted by Crippen LogP contribution is 2.38. The highest BCUT2D eigenvalue weighted by molar-refractivity contribution is 5.89. The van der Waals surface area contributed by atoms with Gasteiger partial charge in [-0.1, -0.05) is 17.7 Å². The summed E-state index contributed by atoms with van der Waals surface area (Å²) < 4.78 is 6.02. The molecule has 1 aromatic carbocycles. The Bertz CT molecular complexity index is 565. The molecule has 0 amide bonds. The van der Waals surface area contributed by atoms with E-state index in [0.29, 0.717) is 23.4 Å². The number of aryl methyl sites for hydroxylation is 1. The summed E-state index contributed by atoms with van der Waals surface area (Å²) in [5.74, 6) is 0.690. The van der Waals surface area contributed by atoms with E-state index in [1.165, 1.54) is 6.42 Å². The third kappa shape index (κ3) is 4.88. The van der Waals surface area contributed by atoms with Gasteiger partial charge in [-0.05, 0) is 53.0 Å².